The van der Waals surface area contributed by atoms with E-state index < -0.39 is 9.84 Å². The third-order valence-electron chi connectivity index (χ3n) is 3.73. The van der Waals surface area contributed by atoms with Crippen molar-refractivity contribution in [2.45, 2.75) is 38.6 Å². The molecule has 1 aromatic rings. The quantitative estimate of drug-likeness (QED) is 0.743. The van der Waals surface area contributed by atoms with Gasteiger partial charge in [-0.05, 0) is 18.8 Å². The highest BCUT2D eigenvalue weighted by Crippen LogP contribution is 2.28. The molecule has 1 aromatic heterocycles. The maximum absolute atomic E-state index is 11.4. The van der Waals surface area contributed by atoms with Crippen LogP contribution in [0.15, 0.2) is 0 Å². The van der Waals surface area contributed by atoms with Crippen molar-refractivity contribution < 1.29 is 8.42 Å². The Morgan fingerprint density at radius 3 is 2.88 bits per heavy atom. The molecule has 0 bridgehead atoms. The predicted octanol–water partition coefficient (Wildman–Crippen LogP) is 0.762. The first-order valence-corrected chi connectivity index (χ1v) is 8.00. The average Bonchev–Trinajstić information content (AvgIpc) is 2.80. The second-order valence-corrected chi connectivity index (χ2v) is 7.54. The first-order valence-electron chi connectivity index (χ1n) is 6.17. The van der Waals surface area contributed by atoms with E-state index in [4.69, 9.17) is 0 Å². The van der Waals surface area contributed by atoms with E-state index >= 15 is 0 Å². The van der Waals surface area contributed by atoms with E-state index in [1.807, 2.05) is 4.68 Å². The molecule has 94 valence electrons. The van der Waals surface area contributed by atoms with Gasteiger partial charge in [-0.3, -0.25) is 0 Å². The Balaban J connectivity index is 1.86. The largest absolute Gasteiger partial charge is 0.250 e. The van der Waals surface area contributed by atoms with Crippen LogP contribution in [-0.4, -0.2) is 34.7 Å². The minimum Gasteiger partial charge on any atom is -0.250 e. The summed E-state index contributed by atoms with van der Waals surface area (Å²) in [6.07, 6.45) is 2.78. The normalized spacial score (nSPS) is 31.4. The Morgan fingerprint density at radius 1 is 1.35 bits per heavy atom. The zero-order chi connectivity index (χ0) is 12.0. The number of nitrogens with zero attached hydrogens (tertiary/aromatic N) is 3. The SMILES string of the molecule is CC1CCn2nc(C3CCS(=O)(=O)C3)nc2C1. The number of hydrogen-bond donors (Lipinski definition) is 0. The van der Waals surface area contributed by atoms with Gasteiger partial charge in [0, 0.05) is 18.9 Å². The van der Waals surface area contributed by atoms with E-state index in [1.54, 1.807) is 0 Å². The van der Waals surface area contributed by atoms with Gasteiger partial charge in [-0.15, -0.1) is 0 Å². The zero-order valence-electron chi connectivity index (χ0n) is 9.96. The maximum atomic E-state index is 11.4. The fourth-order valence-corrected chi connectivity index (χ4v) is 4.39. The first-order chi connectivity index (χ1) is 8.03. The minimum atomic E-state index is -2.85. The van der Waals surface area contributed by atoms with Gasteiger partial charge < -0.3 is 0 Å². The summed E-state index contributed by atoms with van der Waals surface area (Å²) in [4.78, 5) is 4.54. The van der Waals surface area contributed by atoms with Crippen molar-refractivity contribution in [1.29, 1.82) is 0 Å². The molecule has 0 aromatic carbocycles. The van der Waals surface area contributed by atoms with Crippen molar-refractivity contribution in [2.24, 2.45) is 5.92 Å². The third-order valence-corrected chi connectivity index (χ3v) is 5.49. The molecule has 17 heavy (non-hydrogen) atoms. The predicted molar refractivity (Wildman–Crippen MR) is 63.5 cm³/mol. The van der Waals surface area contributed by atoms with Gasteiger partial charge >= 0.3 is 0 Å². The van der Waals surface area contributed by atoms with Crippen LogP contribution in [0.3, 0.4) is 0 Å². The number of hydrogen-bond acceptors (Lipinski definition) is 4. The van der Waals surface area contributed by atoms with Crippen molar-refractivity contribution in [1.82, 2.24) is 14.8 Å². The Hall–Kier alpha value is -0.910. The molecular formula is C11H17N3O2S. The van der Waals surface area contributed by atoms with Crippen LogP contribution in [0.4, 0.5) is 0 Å². The molecule has 0 N–H and O–H groups in total. The van der Waals surface area contributed by atoms with Crippen LogP contribution in [0.1, 0.15) is 37.3 Å². The van der Waals surface area contributed by atoms with Crippen molar-refractivity contribution >= 4 is 9.84 Å². The summed E-state index contributed by atoms with van der Waals surface area (Å²) >= 11 is 0. The van der Waals surface area contributed by atoms with E-state index in [2.05, 4.69) is 17.0 Å². The lowest BCUT2D eigenvalue weighted by molar-refractivity contribution is 0.385. The summed E-state index contributed by atoms with van der Waals surface area (Å²) < 4.78 is 24.9. The highest BCUT2D eigenvalue weighted by molar-refractivity contribution is 7.91. The van der Waals surface area contributed by atoms with Gasteiger partial charge in [-0.1, -0.05) is 6.92 Å². The van der Waals surface area contributed by atoms with Crippen molar-refractivity contribution in [3.63, 3.8) is 0 Å². The number of fused-ring (bicyclic) bond motifs is 1. The summed E-state index contributed by atoms with van der Waals surface area (Å²) in [5, 5.41) is 4.47. The van der Waals surface area contributed by atoms with Crippen molar-refractivity contribution in [3.05, 3.63) is 11.6 Å². The summed E-state index contributed by atoms with van der Waals surface area (Å²) in [6, 6.07) is 0. The van der Waals surface area contributed by atoms with Gasteiger partial charge in [0.25, 0.3) is 0 Å². The number of aryl methyl sites for hydroxylation is 1. The first kappa shape index (κ1) is 11.2. The van der Waals surface area contributed by atoms with Gasteiger partial charge in [0.2, 0.25) is 0 Å². The fourth-order valence-electron chi connectivity index (χ4n) is 2.65. The summed E-state index contributed by atoms with van der Waals surface area (Å²) in [6.45, 7) is 3.14. The molecule has 0 saturated carbocycles. The van der Waals surface area contributed by atoms with E-state index in [1.165, 1.54) is 0 Å². The number of sulfone groups is 1. The molecule has 2 unspecified atom stereocenters. The van der Waals surface area contributed by atoms with Crippen LogP contribution in [0.2, 0.25) is 0 Å². The Kier molecular flexibility index (Phi) is 2.50. The molecule has 0 radical (unpaired) electrons. The second kappa shape index (κ2) is 3.80. The Bertz CT molecular complexity index is 535. The molecule has 3 heterocycles. The third kappa shape index (κ3) is 2.10. The maximum Gasteiger partial charge on any atom is 0.155 e. The molecule has 2 atom stereocenters. The fraction of sp³-hybridized carbons (Fsp3) is 0.818. The van der Waals surface area contributed by atoms with Gasteiger partial charge in [0.1, 0.15) is 5.82 Å². The number of rotatable bonds is 1. The standard InChI is InChI=1S/C11H17N3O2S/c1-8-2-4-14-10(6-8)12-11(13-14)9-3-5-17(15,16)7-9/h8-9H,2-7H2,1H3. The summed E-state index contributed by atoms with van der Waals surface area (Å²) in [7, 11) is -2.85. The topological polar surface area (TPSA) is 64.8 Å². The van der Waals surface area contributed by atoms with E-state index in [0.717, 1.165) is 31.0 Å². The van der Waals surface area contributed by atoms with E-state index in [9.17, 15) is 8.42 Å². The molecule has 0 amide bonds. The minimum absolute atomic E-state index is 0.0217. The lowest BCUT2D eigenvalue weighted by Crippen LogP contribution is -2.18. The molecule has 3 rings (SSSR count). The smallest absolute Gasteiger partial charge is 0.155 e. The molecule has 2 aliphatic heterocycles. The Labute approximate surface area is 101 Å². The van der Waals surface area contributed by atoms with Crippen LogP contribution < -0.4 is 0 Å². The lowest BCUT2D eigenvalue weighted by Gasteiger charge is -2.17. The van der Waals surface area contributed by atoms with Crippen LogP contribution >= 0.6 is 0 Å². The second-order valence-electron chi connectivity index (χ2n) is 5.31. The van der Waals surface area contributed by atoms with Crippen LogP contribution in [-0.2, 0) is 22.8 Å². The molecule has 0 spiro atoms. The van der Waals surface area contributed by atoms with Gasteiger partial charge in [0.05, 0.1) is 11.5 Å². The van der Waals surface area contributed by atoms with Crippen molar-refractivity contribution in [2.75, 3.05) is 11.5 Å². The number of aromatic nitrogens is 3. The van der Waals surface area contributed by atoms with E-state index in [0.29, 0.717) is 12.3 Å². The lowest BCUT2D eigenvalue weighted by atomic mass is 10.0. The van der Waals surface area contributed by atoms with Crippen LogP contribution in [0.25, 0.3) is 0 Å². The highest BCUT2D eigenvalue weighted by Gasteiger charge is 2.32. The molecule has 0 aliphatic carbocycles. The molecule has 1 fully saturated rings. The van der Waals surface area contributed by atoms with Crippen LogP contribution in [0, 0.1) is 5.92 Å². The highest BCUT2D eigenvalue weighted by atomic mass is 32.2. The average molecular weight is 255 g/mol. The summed E-state index contributed by atoms with van der Waals surface area (Å²) in [5.74, 6) is 2.97. The Morgan fingerprint density at radius 2 is 2.18 bits per heavy atom. The van der Waals surface area contributed by atoms with Gasteiger partial charge in [-0.25, -0.2) is 18.1 Å². The summed E-state index contributed by atoms with van der Waals surface area (Å²) in [5.41, 5.74) is 0. The van der Waals surface area contributed by atoms with Gasteiger partial charge in [-0.2, -0.15) is 5.10 Å². The van der Waals surface area contributed by atoms with Gasteiger partial charge in [0.15, 0.2) is 15.7 Å². The molecule has 6 heteroatoms. The van der Waals surface area contributed by atoms with E-state index in [-0.39, 0.29) is 17.4 Å². The molecular weight excluding hydrogens is 238 g/mol. The van der Waals surface area contributed by atoms with Crippen molar-refractivity contribution in [3.8, 4) is 0 Å². The monoisotopic (exact) mass is 255 g/mol. The molecule has 1 saturated heterocycles. The zero-order valence-corrected chi connectivity index (χ0v) is 10.8. The molecule has 5 nitrogen and oxygen atoms in total. The van der Waals surface area contributed by atoms with Crippen LogP contribution in [0.5, 0.6) is 0 Å². The molecule has 2 aliphatic rings.